The molecule has 0 radical (unpaired) electrons. The van der Waals surface area contributed by atoms with Crippen LogP contribution in [0.1, 0.15) is 56.5 Å². The Morgan fingerprint density at radius 3 is 2.62 bits per heavy atom. The second-order valence-corrected chi connectivity index (χ2v) is 7.58. The van der Waals surface area contributed by atoms with Gasteiger partial charge in [0.25, 0.3) is 0 Å². The molecule has 0 saturated heterocycles. The summed E-state index contributed by atoms with van der Waals surface area (Å²) in [7, 11) is 0. The molecule has 1 aromatic carbocycles. The van der Waals surface area contributed by atoms with Gasteiger partial charge in [-0.15, -0.1) is 0 Å². The molecule has 0 aliphatic heterocycles. The third-order valence-electron chi connectivity index (χ3n) is 4.09. The largest absolute Gasteiger partial charge is 0.479 e. The number of pyridine rings is 1. The Labute approximate surface area is 151 Å². The van der Waals surface area contributed by atoms with Crippen molar-refractivity contribution in [2.24, 2.45) is 0 Å². The number of hydrogen-bond donors (Lipinski definition) is 1. The van der Waals surface area contributed by atoms with Gasteiger partial charge in [0.2, 0.25) is 0 Å². The van der Waals surface area contributed by atoms with E-state index in [1.807, 2.05) is 45.9 Å². The Morgan fingerprint density at radius 1 is 1.38 bits per heavy atom. The van der Waals surface area contributed by atoms with Crippen molar-refractivity contribution < 1.29 is 14.6 Å². The Hall–Kier alpha value is -1.46. The number of carbonyl (C=O) groups is 1. The average Bonchev–Trinajstić information content (AvgIpc) is 2.45. The minimum absolute atomic E-state index is 0.510. The lowest BCUT2D eigenvalue weighted by molar-refractivity contribution is -0.163. The molecule has 5 heteroatoms. The molecular formula is C19H24BrNO3. The molecule has 0 amide bonds. The SMILES string of the molecule is CCCC(C)(C)OC(C(=O)O)c1c(C)cc2nc(C)ccc2c1Br. The highest BCUT2D eigenvalue weighted by Crippen LogP contribution is 2.38. The van der Waals surface area contributed by atoms with Crippen LogP contribution in [0.25, 0.3) is 10.9 Å². The van der Waals surface area contributed by atoms with Gasteiger partial charge in [0.05, 0.1) is 11.1 Å². The van der Waals surface area contributed by atoms with Crippen LogP contribution in [-0.2, 0) is 9.53 Å². The first-order valence-electron chi connectivity index (χ1n) is 8.13. The van der Waals surface area contributed by atoms with Crippen LogP contribution in [-0.4, -0.2) is 21.7 Å². The predicted octanol–water partition coefficient (Wildman–Crippen LogP) is 5.34. The molecular weight excluding hydrogens is 370 g/mol. The van der Waals surface area contributed by atoms with Gasteiger partial charge < -0.3 is 9.84 Å². The Morgan fingerprint density at radius 2 is 2.04 bits per heavy atom. The highest BCUT2D eigenvalue weighted by molar-refractivity contribution is 9.10. The van der Waals surface area contributed by atoms with Gasteiger partial charge in [-0.3, -0.25) is 4.98 Å². The first-order chi connectivity index (χ1) is 11.2. The zero-order valence-corrected chi connectivity index (χ0v) is 16.4. The summed E-state index contributed by atoms with van der Waals surface area (Å²) in [5.41, 5.74) is 2.78. The molecule has 1 aromatic heterocycles. The van der Waals surface area contributed by atoms with Crippen LogP contribution in [0.4, 0.5) is 0 Å². The van der Waals surface area contributed by atoms with E-state index in [0.29, 0.717) is 5.56 Å². The van der Waals surface area contributed by atoms with Crippen LogP contribution in [0.2, 0.25) is 0 Å². The lowest BCUT2D eigenvalue weighted by Gasteiger charge is -2.30. The molecule has 1 atom stereocenters. The minimum atomic E-state index is -1.02. The van der Waals surface area contributed by atoms with Crippen LogP contribution in [0, 0.1) is 13.8 Å². The second kappa shape index (κ2) is 7.19. The van der Waals surface area contributed by atoms with Crippen LogP contribution >= 0.6 is 15.9 Å². The second-order valence-electron chi connectivity index (χ2n) is 6.79. The molecule has 0 aliphatic carbocycles. The summed E-state index contributed by atoms with van der Waals surface area (Å²) in [5, 5.41) is 10.7. The van der Waals surface area contributed by atoms with E-state index in [9.17, 15) is 9.90 Å². The summed E-state index contributed by atoms with van der Waals surface area (Å²) in [6.45, 7) is 9.76. The summed E-state index contributed by atoms with van der Waals surface area (Å²) in [6, 6.07) is 5.80. The van der Waals surface area contributed by atoms with Gasteiger partial charge in [-0.05, 0) is 73.8 Å². The molecule has 0 saturated carbocycles. The fraction of sp³-hybridized carbons (Fsp3) is 0.474. The van der Waals surface area contributed by atoms with Crippen LogP contribution in [0.15, 0.2) is 22.7 Å². The van der Waals surface area contributed by atoms with Gasteiger partial charge in [-0.1, -0.05) is 13.3 Å². The maximum Gasteiger partial charge on any atom is 0.337 e. The summed E-state index contributed by atoms with van der Waals surface area (Å²) in [6.07, 6.45) is 0.703. The molecule has 1 N–H and O–H groups in total. The first-order valence-corrected chi connectivity index (χ1v) is 8.92. The molecule has 24 heavy (non-hydrogen) atoms. The third kappa shape index (κ3) is 3.95. The number of aliphatic carboxylic acids is 1. The molecule has 4 nitrogen and oxygen atoms in total. The number of aromatic nitrogens is 1. The van der Waals surface area contributed by atoms with Gasteiger partial charge in [0.1, 0.15) is 0 Å². The summed E-state index contributed by atoms with van der Waals surface area (Å²) in [4.78, 5) is 16.4. The number of carboxylic acids is 1. The number of rotatable bonds is 6. The summed E-state index contributed by atoms with van der Waals surface area (Å²) >= 11 is 3.59. The zero-order valence-electron chi connectivity index (χ0n) is 14.8. The molecule has 0 fully saturated rings. The van der Waals surface area contributed by atoms with Crippen molar-refractivity contribution in [1.29, 1.82) is 0 Å². The molecule has 2 aromatic rings. The predicted molar refractivity (Wildman–Crippen MR) is 99.4 cm³/mol. The maximum absolute atomic E-state index is 11.9. The van der Waals surface area contributed by atoms with Crippen molar-refractivity contribution in [3.63, 3.8) is 0 Å². The number of benzene rings is 1. The van der Waals surface area contributed by atoms with Crippen LogP contribution < -0.4 is 0 Å². The molecule has 1 unspecified atom stereocenters. The highest BCUT2D eigenvalue weighted by Gasteiger charge is 2.32. The highest BCUT2D eigenvalue weighted by atomic mass is 79.9. The topological polar surface area (TPSA) is 59.4 Å². The summed E-state index contributed by atoms with van der Waals surface area (Å²) < 4.78 is 6.75. The normalized spacial score (nSPS) is 13.2. The lowest BCUT2D eigenvalue weighted by Crippen LogP contribution is -2.30. The van der Waals surface area contributed by atoms with E-state index in [-0.39, 0.29) is 0 Å². The van der Waals surface area contributed by atoms with E-state index in [1.54, 1.807) is 0 Å². The van der Waals surface area contributed by atoms with E-state index in [2.05, 4.69) is 27.8 Å². The van der Waals surface area contributed by atoms with Crippen LogP contribution in [0.3, 0.4) is 0 Å². The van der Waals surface area contributed by atoms with E-state index in [1.165, 1.54) is 0 Å². The number of hydrogen-bond acceptors (Lipinski definition) is 3. The smallest absolute Gasteiger partial charge is 0.337 e. The van der Waals surface area contributed by atoms with E-state index in [4.69, 9.17) is 4.74 Å². The van der Waals surface area contributed by atoms with Crippen molar-refractivity contribution in [1.82, 2.24) is 4.98 Å². The van der Waals surface area contributed by atoms with E-state index >= 15 is 0 Å². The lowest BCUT2D eigenvalue weighted by atomic mass is 9.97. The third-order valence-corrected chi connectivity index (χ3v) is 4.94. The number of nitrogens with zero attached hydrogens (tertiary/aromatic N) is 1. The van der Waals surface area contributed by atoms with E-state index in [0.717, 1.165) is 39.5 Å². The van der Waals surface area contributed by atoms with Gasteiger partial charge in [0.15, 0.2) is 6.10 Å². The first kappa shape index (κ1) is 18.9. The minimum Gasteiger partial charge on any atom is -0.479 e. The van der Waals surface area contributed by atoms with Crippen molar-refractivity contribution in [2.75, 3.05) is 0 Å². The zero-order chi connectivity index (χ0) is 18.1. The number of halogens is 1. The van der Waals surface area contributed by atoms with Gasteiger partial charge in [0, 0.05) is 21.1 Å². The Balaban J connectivity index is 2.58. The molecule has 0 aliphatic rings. The van der Waals surface area contributed by atoms with E-state index < -0.39 is 17.7 Å². The van der Waals surface area contributed by atoms with Crippen LogP contribution in [0.5, 0.6) is 0 Å². The molecule has 130 valence electrons. The van der Waals surface area contributed by atoms with Gasteiger partial charge in [-0.25, -0.2) is 4.79 Å². The standard InChI is InChI=1S/C19H24BrNO3/c1-6-9-19(4,5)24-17(18(22)23)15-11(2)10-14-13(16(15)20)8-7-12(3)21-14/h7-8,10,17H,6,9H2,1-5H3,(H,22,23). The average molecular weight is 394 g/mol. The molecule has 0 spiro atoms. The van der Waals surface area contributed by atoms with Gasteiger partial charge in [-0.2, -0.15) is 0 Å². The van der Waals surface area contributed by atoms with Crippen molar-refractivity contribution in [3.05, 3.63) is 39.5 Å². The Bertz CT molecular complexity index is 771. The Kier molecular flexibility index (Phi) is 5.66. The number of ether oxygens (including phenoxy) is 1. The molecule has 2 rings (SSSR count). The molecule has 1 heterocycles. The van der Waals surface area contributed by atoms with Crippen molar-refractivity contribution >= 4 is 32.8 Å². The number of fused-ring (bicyclic) bond motifs is 1. The summed E-state index contributed by atoms with van der Waals surface area (Å²) in [5.74, 6) is -0.984. The maximum atomic E-state index is 11.9. The monoisotopic (exact) mass is 393 g/mol. The van der Waals surface area contributed by atoms with Crippen molar-refractivity contribution in [3.8, 4) is 0 Å². The fourth-order valence-electron chi connectivity index (χ4n) is 3.01. The number of aryl methyl sites for hydroxylation is 2. The number of carboxylic acid groups (broad SMARTS) is 1. The quantitative estimate of drug-likeness (QED) is 0.719. The van der Waals surface area contributed by atoms with Gasteiger partial charge >= 0.3 is 5.97 Å². The fourth-order valence-corrected chi connectivity index (χ4v) is 3.86. The molecule has 0 bridgehead atoms. The van der Waals surface area contributed by atoms with Crippen molar-refractivity contribution in [2.45, 2.75) is 59.2 Å².